The van der Waals surface area contributed by atoms with Crippen LogP contribution < -0.4 is 10.9 Å². The molecular weight excluding hydrogens is 360 g/mol. The fourth-order valence-corrected chi connectivity index (χ4v) is 3.44. The van der Waals surface area contributed by atoms with Crippen molar-refractivity contribution in [2.45, 2.75) is 13.0 Å². The number of para-hydroxylation sites is 1. The van der Waals surface area contributed by atoms with Crippen molar-refractivity contribution < 1.29 is 18.4 Å². The predicted molar refractivity (Wildman–Crippen MR) is 103 cm³/mol. The Morgan fingerprint density at radius 3 is 2.68 bits per heavy atom. The molecule has 1 unspecified atom stereocenters. The van der Waals surface area contributed by atoms with E-state index in [1.165, 1.54) is 0 Å². The minimum atomic E-state index is -0.645. The number of hydrogen-bond acceptors (Lipinski definition) is 6. The van der Waals surface area contributed by atoms with E-state index in [-0.39, 0.29) is 11.6 Å². The Morgan fingerprint density at radius 2 is 1.93 bits per heavy atom. The van der Waals surface area contributed by atoms with Gasteiger partial charge in [-0.1, -0.05) is 18.2 Å². The molecule has 1 N–H and O–H groups in total. The van der Waals surface area contributed by atoms with E-state index in [4.69, 9.17) is 13.6 Å². The molecule has 0 saturated carbocycles. The van der Waals surface area contributed by atoms with Crippen LogP contribution in [0.3, 0.4) is 0 Å². The Kier molecular flexibility index (Phi) is 5.27. The van der Waals surface area contributed by atoms with Gasteiger partial charge in [0.1, 0.15) is 22.7 Å². The molecule has 4 rings (SSSR count). The number of hydrogen-bond donors (Lipinski definition) is 1. The Labute approximate surface area is 161 Å². The topological polar surface area (TPSA) is 84.9 Å². The number of nitrogens with zero attached hydrogens (tertiary/aromatic N) is 1. The third-order valence-corrected chi connectivity index (χ3v) is 4.92. The molecule has 1 atom stereocenters. The standard InChI is InChI=1S/C21H22N2O5/c1-14-6-7-19(27-14)17(23-8-10-26-11-9-23)13-22-20(24)16-12-15-4-2-3-5-18(15)28-21(16)25/h2-7,12,17H,8-11,13H2,1H3,(H,22,24). The first-order chi connectivity index (χ1) is 13.6. The largest absolute Gasteiger partial charge is 0.465 e. The molecule has 7 heteroatoms. The van der Waals surface area contributed by atoms with Gasteiger partial charge in [-0.05, 0) is 31.2 Å². The molecule has 0 aliphatic carbocycles. The van der Waals surface area contributed by atoms with Crippen molar-refractivity contribution in [1.29, 1.82) is 0 Å². The van der Waals surface area contributed by atoms with Crippen LogP contribution >= 0.6 is 0 Å². The molecule has 0 radical (unpaired) electrons. The highest BCUT2D eigenvalue weighted by Crippen LogP contribution is 2.23. The highest BCUT2D eigenvalue weighted by molar-refractivity contribution is 5.96. The first-order valence-corrected chi connectivity index (χ1v) is 9.31. The van der Waals surface area contributed by atoms with Gasteiger partial charge in [-0.3, -0.25) is 9.69 Å². The molecule has 3 aromatic rings. The van der Waals surface area contributed by atoms with Gasteiger partial charge in [0.05, 0.1) is 19.3 Å². The third kappa shape index (κ3) is 3.85. The van der Waals surface area contributed by atoms with Gasteiger partial charge in [-0.25, -0.2) is 4.79 Å². The van der Waals surface area contributed by atoms with Gasteiger partial charge in [-0.2, -0.15) is 0 Å². The second kappa shape index (κ2) is 8.00. The molecular formula is C21H22N2O5. The van der Waals surface area contributed by atoms with Gasteiger partial charge in [0.2, 0.25) is 0 Å². The van der Waals surface area contributed by atoms with E-state index in [0.29, 0.717) is 30.7 Å². The van der Waals surface area contributed by atoms with Crippen molar-refractivity contribution in [2.75, 3.05) is 32.8 Å². The Morgan fingerprint density at radius 1 is 1.14 bits per heavy atom. The number of benzene rings is 1. The summed E-state index contributed by atoms with van der Waals surface area (Å²) in [5.74, 6) is 1.14. The van der Waals surface area contributed by atoms with E-state index in [2.05, 4.69) is 10.2 Å². The lowest BCUT2D eigenvalue weighted by molar-refractivity contribution is 0.0117. The van der Waals surface area contributed by atoms with Crippen LogP contribution in [0, 0.1) is 6.92 Å². The lowest BCUT2D eigenvalue weighted by Crippen LogP contribution is -2.44. The van der Waals surface area contributed by atoms with E-state index >= 15 is 0 Å². The number of nitrogens with one attached hydrogen (secondary N) is 1. The van der Waals surface area contributed by atoms with Crippen LogP contribution in [0.2, 0.25) is 0 Å². The second-order valence-corrected chi connectivity index (χ2v) is 6.81. The summed E-state index contributed by atoms with van der Waals surface area (Å²) >= 11 is 0. The smallest absolute Gasteiger partial charge is 0.349 e. The average Bonchev–Trinajstić information content (AvgIpc) is 3.14. The predicted octanol–water partition coefficient (Wildman–Crippen LogP) is 2.50. The number of rotatable bonds is 5. The zero-order chi connectivity index (χ0) is 19.5. The summed E-state index contributed by atoms with van der Waals surface area (Å²) in [4.78, 5) is 27.1. The fourth-order valence-electron chi connectivity index (χ4n) is 3.44. The van der Waals surface area contributed by atoms with Crippen LogP contribution in [0.25, 0.3) is 11.0 Å². The van der Waals surface area contributed by atoms with Gasteiger partial charge >= 0.3 is 5.63 Å². The number of carbonyl (C=O) groups excluding carboxylic acids is 1. The molecule has 1 fully saturated rings. The second-order valence-electron chi connectivity index (χ2n) is 6.81. The minimum Gasteiger partial charge on any atom is -0.465 e. The van der Waals surface area contributed by atoms with Crippen molar-refractivity contribution in [2.24, 2.45) is 0 Å². The van der Waals surface area contributed by atoms with Crippen molar-refractivity contribution in [1.82, 2.24) is 10.2 Å². The summed E-state index contributed by atoms with van der Waals surface area (Å²) < 4.78 is 16.5. The zero-order valence-corrected chi connectivity index (χ0v) is 15.6. The van der Waals surface area contributed by atoms with Gasteiger partial charge in [0, 0.05) is 25.0 Å². The van der Waals surface area contributed by atoms with Crippen LogP contribution in [0.4, 0.5) is 0 Å². The first-order valence-electron chi connectivity index (χ1n) is 9.31. The van der Waals surface area contributed by atoms with Crippen molar-refractivity contribution in [3.63, 3.8) is 0 Å². The molecule has 1 aliphatic heterocycles. The third-order valence-electron chi connectivity index (χ3n) is 4.92. The molecule has 1 amide bonds. The maximum Gasteiger partial charge on any atom is 0.349 e. The normalized spacial score (nSPS) is 16.2. The molecule has 0 spiro atoms. The molecule has 1 aliphatic rings. The summed E-state index contributed by atoms with van der Waals surface area (Å²) in [6, 6.07) is 12.4. The summed E-state index contributed by atoms with van der Waals surface area (Å²) in [5.41, 5.74) is -0.190. The SMILES string of the molecule is Cc1ccc(C(CNC(=O)c2cc3ccccc3oc2=O)N2CCOCC2)o1. The summed E-state index contributed by atoms with van der Waals surface area (Å²) in [7, 11) is 0. The fraction of sp³-hybridized carbons (Fsp3) is 0.333. The van der Waals surface area contributed by atoms with Gasteiger partial charge < -0.3 is 18.9 Å². The maximum absolute atomic E-state index is 12.7. The summed E-state index contributed by atoms with van der Waals surface area (Å²) in [6.45, 7) is 4.98. The molecule has 1 saturated heterocycles. The number of ether oxygens (including phenoxy) is 1. The first kappa shape index (κ1) is 18.5. The molecule has 3 heterocycles. The van der Waals surface area contributed by atoms with E-state index in [9.17, 15) is 9.59 Å². The highest BCUT2D eigenvalue weighted by atomic mass is 16.5. The Bertz CT molecular complexity index is 1030. The van der Waals surface area contributed by atoms with Crippen LogP contribution in [0.5, 0.6) is 0 Å². The van der Waals surface area contributed by atoms with Crippen molar-refractivity contribution in [3.05, 3.63) is 70.0 Å². The molecule has 1 aromatic carbocycles. The summed E-state index contributed by atoms with van der Waals surface area (Å²) in [6.07, 6.45) is 0. The van der Waals surface area contributed by atoms with Crippen LogP contribution in [0.15, 0.2) is 56.1 Å². The van der Waals surface area contributed by atoms with Gasteiger partial charge in [0.25, 0.3) is 5.91 Å². The molecule has 28 heavy (non-hydrogen) atoms. The number of carbonyl (C=O) groups is 1. The van der Waals surface area contributed by atoms with E-state index in [1.807, 2.05) is 25.1 Å². The number of aryl methyl sites for hydroxylation is 1. The molecule has 2 aromatic heterocycles. The maximum atomic E-state index is 12.7. The van der Waals surface area contributed by atoms with Crippen LogP contribution in [-0.4, -0.2) is 43.7 Å². The van der Waals surface area contributed by atoms with E-state index in [0.717, 1.165) is 24.6 Å². The quantitative estimate of drug-likeness (QED) is 0.683. The van der Waals surface area contributed by atoms with Crippen LogP contribution in [-0.2, 0) is 4.74 Å². The van der Waals surface area contributed by atoms with Crippen LogP contribution in [0.1, 0.15) is 27.9 Å². The Hall–Kier alpha value is -2.90. The molecule has 0 bridgehead atoms. The lowest BCUT2D eigenvalue weighted by Gasteiger charge is -2.33. The molecule has 7 nitrogen and oxygen atoms in total. The number of amides is 1. The number of furan rings is 1. The zero-order valence-electron chi connectivity index (χ0n) is 15.6. The highest BCUT2D eigenvalue weighted by Gasteiger charge is 2.26. The van der Waals surface area contributed by atoms with E-state index in [1.54, 1.807) is 24.3 Å². The Balaban J connectivity index is 1.54. The number of fused-ring (bicyclic) bond motifs is 1. The van der Waals surface area contributed by atoms with Crippen molar-refractivity contribution >= 4 is 16.9 Å². The summed E-state index contributed by atoms with van der Waals surface area (Å²) in [5, 5.41) is 3.58. The average molecular weight is 382 g/mol. The number of morpholine rings is 1. The van der Waals surface area contributed by atoms with Gasteiger partial charge in [0.15, 0.2) is 0 Å². The molecule has 146 valence electrons. The monoisotopic (exact) mass is 382 g/mol. The van der Waals surface area contributed by atoms with Gasteiger partial charge in [-0.15, -0.1) is 0 Å². The minimum absolute atomic E-state index is 0.00458. The van der Waals surface area contributed by atoms with E-state index < -0.39 is 11.5 Å². The van der Waals surface area contributed by atoms with Crippen molar-refractivity contribution in [3.8, 4) is 0 Å². The lowest BCUT2D eigenvalue weighted by atomic mass is 10.1.